The van der Waals surface area contributed by atoms with Gasteiger partial charge in [-0.2, -0.15) is 0 Å². The van der Waals surface area contributed by atoms with Gasteiger partial charge in [-0.15, -0.1) is 0 Å². The van der Waals surface area contributed by atoms with E-state index in [0.717, 1.165) is 15.1 Å². The highest BCUT2D eigenvalue weighted by Gasteiger charge is 2.39. The molecule has 25 heavy (non-hydrogen) atoms. The van der Waals surface area contributed by atoms with Gasteiger partial charge in [0.25, 0.3) is 5.91 Å². The van der Waals surface area contributed by atoms with E-state index in [1.807, 2.05) is 24.3 Å². The Labute approximate surface area is 152 Å². The molecule has 2 aromatic rings. The molecule has 7 heteroatoms. The van der Waals surface area contributed by atoms with E-state index in [0.29, 0.717) is 11.3 Å². The zero-order valence-electron chi connectivity index (χ0n) is 13.1. The maximum atomic E-state index is 12.6. The van der Waals surface area contributed by atoms with Crippen LogP contribution in [0.3, 0.4) is 0 Å². The van der Waals surface area contributed by atoms with Crippen LogP contribution >= 0.6 is 15.9 Å². The van der Waals surface area contributed by atoms with Gasteiger partial charge in [0, 0.05) is 10.2 Å². The predicted molar refractivity (Wildman–Crippen MR) is 96.4 cm³/mol. The standard InChI is InChI=1S/C18H15BrN2O4/c19-12-2-1-3-13(9-12)20-15-10-16(22)21(18(15)25)14-6-4-11(5-7-14)8-17(23)24/h1-7,9,15,20H,8,10H2,(H,23,24). The summed E-state index contributed by atoms with van der Waals surface area (Å²) in [6.45, 7) is 0. The Bertz CT molecular complexity index is 835. The Morgan fingerprint density at radius 2 is 1.92 bits per heavy atom. The van der Waals surface area contributed by atoms with Crippen LogP contribution in [0.5, 0.6) is 0 Å². The minimum absolute atomic E-state index is 0.0717. The molecule has 0 saturated carbocycles. The maximum Gasteiger partial charge on any atom is 0.307 e. The molecule has 0 radical (unpaired) electrons. The van der Waals surface area contributed by atoms with Crippen molar-refractivity contribution < 1.29 is 19.5 Å². The van der Waals surface area contributed by atoms with Crippen LogP contribution in [-0.2, 0) is 20.8 Å². The SMILES string of the molecule is O=C(O)Cc1ccc(N2C(=O)CC(Nc3cccc(Br)c3)C2=O)cc1. The molecule has 128 valence electrons. The highest BCUT2D eigenvalue weighted by Crippen LogP contribution is 2.26. The summed E-state index contributed by atoms with van der Waals surface area (Å²) in [4.78, 5) is 36.7. The van der Waals surface area contributed by atoms with Crippen molar-refractivity contribution in [3.63, 3.8) is 0 Å². The Kier molecular flexibility index (Phi) is 4.85. The fraction of sp³-hybridized carbons (Fsp3) is 0.167. The Morgan fingerprint density at radius 1 is 1.20 bits per heavy atom. The molecule has 1 aliphatic rings. The lowest BCUT2D eigenvalue weighted by molar-refractivity contribution is -0.136. The molecule has 0 aromatic heterocycles. The lowest BCUT2D eigenvalue weighted by atomic mass is 10.1. The number of hydrogen-bond acceptors (Lipinski definition) is 4. The van der Waals surface area contributed by atoms with Crippen molar-refractivity contribution in [3.05, 3.63) is 58.6 Å². The zero-order valence-corrected chi connectivity index (χ0v) is 14.7. The second-order valence-corrected chi connectivity index (χ2v) is 6.63. The smallest absolute Gasteiger partial charge is 0.307 e. The molecule has 2 aromatic carbocycles. The number of amides is 2. The van der Waals surface area contributed by atoms with E-state index in [2.05, 4.69) is 21.2 Å². The third-order valence-electron chi connectivity index (χ3n) is 3.86. The topological polar surface area (TPSA) is 86.7 Å². The summed E-state index contributed by atoms with van der Waals surface area (Å²) in [5, 5.41) is 11.9. The third kappa shape index (κ3) is 3.88. The minimum atomic E-state index is -0.931. The average molecular weight is 403 g/mol. The van der Waals surface area contributed by atoms with Gasteiger partial charge in [-0.3, -0.25) is 14.4 Å². The number of halogens is 1. The molecule has 0 aliphatic carbocycles. The van der Waals surface area contributed by atoms with E-state index in [-0.39, 0.29) is 24.7 Å². The Hall–Kier alpha value is -2.67. The van der Waals surface area contributed by atoms with Crippen molar-refractivity contribution in [1.82, 2.24) is 0 Å². The van der Waals surface area contributed by atoms with Crippen LogP contribution in [0, 0.1) is 0 Å². The van der Waals surface area contributed by atoms with Gasteiger partial charge in [-0.1, -0.05) is 34.1 Å². The first-order valence-corrected chi connectivity index (χ1v) is 8.43. The molecule has 0 bridgehead atoms. The van der Waals surface area contributed by atoms with Crippen LogP contribution in [-0.4, -0.2) is 28.9 Å². The van der Waals surface area contributed by atoms with Crippen LogP contribution in [0.25, 0.3) is 0 Å². The normalized spacial score (nSPS) is 17.0. The van der Waals surface area contributed by atoms with Crippen LogP contribution in [0.2, 0.25) is 0 Å². The summed E-state index contributed by atoms with van der Waals surface area (Å²) in [6.07, 6.45) is -0.0303. The highest BCUT2D eigenvalue weighted by molar-refractivity contribution is 9.10. The molecule has 6 nitrogen and oxygen atoms in total. The number of carbonyl (C=O) groups excluding carboxylic acids is 2. The van der Waals surface area contributed by atoms with Gasteiger partial charge in [0.1, 0.15) is 6.04 Å². The van der Waals surface area contributed by atoms with Crippen molar-refractivity contribution in [1.29, 1.82) is 0 Å². The number of imide groups is 1. The van der Waals surface area contributed by atoms with E-state index in [1.165, 1.54) is 0 Å². The number of nitrogens with one attached hydrogen (secondary N) is 1. The van der Waals surface area contributed by atoms with Gasteiger partial charge in [-0.05, 0) is 35.9 Å². The second-order valence-electron chi connectivity index (χ2n) is 5.72. The summed E-state index contributed by atoms with van der Waals surface area (Å²) >= 11 is 3.37. The number of anilines is 2. The zero-order chi connectivity index (χ0) is 18.0. The molecule has 2 N–H and O–H groups in total. The van der Waals surface area contributed by atoms with Crippen molar-refractivity contribution >= 4 is 45.1 Å². The van der Waals surface area contributed by atoms with Crippen molar-refractivity contribution in [2.75, 3.05) is 10.2 Å². The minimum Gasteiger partial charge on any atom is -0.481 e. The molecule has 1 unspecified atom stereocenters. The average Bonchev–Trinajstić information content (AvgIpc) is 2.82. The number of benzene rings is 2. The van der Waals surface area contributed by atoms with Gasteiger partial charge in [0.05, 0.1) is 18.5 Å². The quantitative estimate of drug-likeness (QED) is 0.750. The molecular weight excluding hydrogens is 388 g/mol. The molecule has 0 spiro atoms. The van der Waals surface area contributed by atoms with E-state index >= 15 is 0 Å². The molecule has 3 rings (SSSR count). The molecule has 1 aliphatic heterocycles. The monoisotopic (exact) mass is 402 g/mol. The molecular formula is C18H15BrN2O4. The number of carboxylic acid groups (broad SMARTS) is 1. The maximum absolute atomic E-state index is 12.6. The van der Waals surface area contributed by atoms with Gasteiger partial charge in [0.2, 0.25) is 5.91 Å². The molecule has 1 heterocycles. The lowest BCUT2D eigenvalue weighted by Crippen LogP contribution is -2.34. The number of carbonyl (C=O) groups is 3. The number of aliphatic carboxylic acids is 1. The summed E-state index contributed by atoms with van der Waals surface area (Å²) < 4.78 is 0.875. The number of nitrogens with zero attached hydrogens (tertiary/aromatic N) is 1. The largest absolute Gasteiger partial charge is 0.481 e. The Balaban J connectivity index is 1.76. The first-order valence-electron chi connectivity index (χ1n) is 7.63. The van der Waals surface area contributed by atoms with Gasteiger partial charge in [0.15, 0.2) is 0 Å². The number of hydrogen-bond donors (Lipinski definition) is 2. The van der Waals surface area contributed by atoms with Gasteiger partial charge in [-0.25, -0.2) is 4.90 Å². The van der Waals surface area contributed by atoms with E-state index in [9.17, 15) is 14.4 Å². The van der Waals surface area contributed by atoms with Crippen LogP contribution in [0.1, 0.15) is 12.0 Å². The first-order chi connectivity index (χ1) is 11.9. The third-order valence-corrected chi connectivity index (χ3v) is 4.36. The van der Waals surface area contributed by atoms with Crippen LogP contribution < -0.4 is 10.2 Å². The number of carboxylic acids is 1. The van der Waals surface area contributed by atoms with Crippen molar-refractivity contribution in [2.24, 2.45) is 0 Å². The fourth-order valence-corrected chi connectivity index (χ4v) is 3.13. The summed E-state index contributed by atoms with van der Waals surface area (Å²) in [5.41, 5.74) is 1.81. The highest BCUT2D eigenvalue weighted by atomic mass is 79.9. The molecule has 1 fully saturated rings. The molecule has 2 amide bonds. The lowest BCUT2D eigenvalue weighted by Gasteiger charge is -2.16. The predicted octanol–water partition coefficient (Wildman–Crippen LogP) is 2.82. The summed E-state index contributed by atoms with van der Waals surface area (Å²) in [5.74, 6) is -1.54. The summed E-state index contributed by atoms with van der Waals surface area (Å²) in [7, 11) is 0. The van der Waals surface area contributed by atoms with E-state index in [1.54, 1.807) is 24.3 Å². The van der Waals surface area contributed by atoms with Crippen LogP contribution in [0.4, 0.5) is 11.4 Å². The van der Waals surface area contributed by atoms with E-state index < -0.39 is 12.0 Å². The second kappa shape index (κ2) is 7.06. The fourth-order valence-electron chi connectivity index (χ4n) is 2.73. The molecule has 1 saturated heterocycles. The first kappa shape index (κ1) is 17.2. The van der Waals surface area contributed by atoms with Crippen molar-refractivity contribution in [2.45, 2.75) is 18.9 Å². The molecule has 1 atom stereocenters. The van der Waals surface area contributed by atoms with Crippen molar-refractivity contribution in [3.8, 4) is 0 Å². The summed E-state index contributed by atoms with van der Waals surface area (Å²) in [6, 6.07) is 13.2. The van der Waals surface area contributed by atoms with E-state index in [4.69, 9.17) is 5.11 Å². The van der Waals surface area contributed by atoms with Gasteiger partial charge >= 0.3 is 5.97 Å². The van der Waals surface area contributed by atoms with Crippen LogP contribution in [0.15, 0.2) is 53.0 Å². The Morgan fingerprint density at radius 3 is 2.56 bits per heavy atom. The van der Waals surface area contributed by atoms with Gasteiger partial charge < -0.3 is 10.4 Å². The number of rotatable bonds is 5.